The number of carbonyl (C=O) groups is 1. The summed E-state index contributed by atoms with van der Waals surface area (Å²) >= 11 is 0. The normalized spacial score (nSPS) is 19.9. The number of hydrogen-bond acceptors (Lipinski definition) is 6. The van der Waals surface area contributed by atoms with E-state index in [0.29, 0.717) is 18.0 Å². The van der Waals surface area contributed by atoms with Crippen molar-refractivity contribution in [2.24, 2.45) is 0 Å². The van der Waals surface area contributed by atoms with E-state index in [9.17, 15) is 13.2 Å². The first-order valence-corrected chi connectivity index (χ1v) is 11.0. The van der Waals surface area contributed by atoms with Crippen molar-refractivity contribution >= 4 is 21.7 Å². The second kappa shape index (κ2) is 6.92. The molecule has 1 aromatic heterocycles. The molecule has 8 heteroatoms. The molecule has 2 aliphatic rings. The van der Waals surface area contributed by atoms with Crippen LogP contribution in [0.5, 0.6) is 0 Å². The van der Waals surface area contributed by atoms with Crippen molar-refractivity contribution in [1.29, 1.82) is 0 Å². The number of carbonyl (C=O) groups excluding carboxylic acids is 1. The predicted molar refractivity (Wildman–Crippen MR) is 102 cm³/mol. The second-order valence-corrected chi connectivity index (χ2v) is 9.28. The standard InChI is InChI=1S/C19H22N4O3S/c1-27(25,26)16-4-2-3-14(11-16)18(24)21-15-8-10-23(12-15)19-20-9-7-17(22-19)13-5-6-13/h2-4,7,9,11,13,15H,5-6,8,10,12H2,1H3,(H,21,24). The minimum Gasteiger partial charge on any atom is -0.347 e. The Labute approximate surface area is 158 Å². The van der Waals surface area contributed by atoms with E-state index in [1.807, 2.05) is 6.07 Å². The highest BCUT2D eigenvalue weighted by Crippen LogP contribution is 2.39. The lowest BCUT2D eigenvalue weighted by molar-refractivity contribution is 0.0940. The van der Waals surface area contributed by atoms with Crippen molar-refractivity contribution in [3.05, 3.63) is 47.8 Å². The van der Waals surface area contributed by atoms with Gasteiger partial charge in [-0.25, -0.2) is 18.4 Å². The molecule has 1 amide bonds. The first kappa shape index (κ1) is 17.9. The van der Waals surface area contributed by atoms with Gasteiger partial charge in [-0.2, -0.15) is 0 Å². The third kappa shape index (κ3) is 4.10. The average Bonchev–Trinajstić information content (AvgIpc) is 3.41. The molecule has 1 atom stereocenters. The molecular formula is C19H22N4O3S. The van der Waals surface area contributed by atoms with E-state index in [2.05, 4.69) is 20.2 Å². The fourth-order valence-corrected chi connectivity index (χ4v) is 3.98. The summed E-state index contributed by atoms with van der Waals surface area (Å²) in [6, 6.07) is 8.08. The molecule has 1 saturated heterocycles. The molecule has 1 aromatic carbocycles. The maximum atomic E-state index is 12.5. The summed E-state index contributed by atoms with van der Waals surface area (Å²) in [5.41, 5.74) is 1.45. The van der Waals surface area contributed by atoms with Crippen molar-refractivity contribution < 1.29 is 13.2 Å². The van der Waals surface area contributed by atoms with Gasteiger partial charge in [0.15, 0.2) is 9.84 Å². The van der Waals surface area contributed by atoms with E-state index < -0.39 is 9.84 Å². The molecule has 1 saturated carbocycles. The third-order valence-corrected chi connectivity index (χ3v) is 6.10. The highest BCUT2D eigenvalue weighted by atomic mass is 32.2. The summed E-state index contributed by atoms with van der Waals surface area (Å²) in [6.45, 7) is 1.42. The van der Waals surface area contributed by atoms with Crippen LogP contribution in [0, 0.1) is 0 Å². The van der Waals surface area contributed by atoms with Crippen LogP contribution in [0.2, 0.25) is 0 Å². The van der Waals surface area contributed by atoms with Crippen molar-refractivity contribution in [2.45, 2.75) is 36.1 Å². The maximum Gasteiger partial charge on any atom is 0.251 e. The van der Waals surface area contributed by atoms with Gasteiger partial charge >= 0.3 is 0 Å². The molecule has 2 heterocycles. The van der Waals surface area contributed by atoms with E-state index in [1.165, 1.54) is 25.0 Å². The third-order valence-electron chi connectivity index (χ3n) is 4.99. The first-order chi connectivity index (χ1) is 12.9. The highest BCUT2D eigenvalue weighted by molar-refractivity contribution is 7.90. The van der Waals surface area contributed by atoms with Gasteiger partial charge in [0.1, 0.15) is 0 Å². The second-order valence-electron chi connectivity index (χ2n) is 7.26. The molecule has 2 aromatic rings. The minimum absolute atomic E-state index is 0.0208. The topological polar surface area (TPSA) is 92.3 Å². The molecule has 2 fully saturated rings. The van der Waals surface area contributed by atoms with Gasteiger partial charge < -0.3 is 10.2 Å². The van der Waals surface area contributed by atoms with Crippen molar-refractivity contribution in [2.75, 3.05) is 24.2 Å². The Bertz CT molecular complexity index is 972. The van der Waals surface area contributed by atoms with E-state index >= 15 is 0 Å². The van der Waals surface area contributed by atoms with Crippen LogP contribution in [-0.4, -0.2) is 49.7 Å². The predicted octanol–water partition coefficient (Wildman–Crippen LogP) is 1.77. The van der Waals surface area contributed by atoms with Crippen molar-refractivity contribution in [3.63, 3.8) is 0 Å². The van der Waals surface area contributed by atoms with Gasteiger partial charge in [-0.3, -0.25) is 4.79 Å². The molecule has 4 rings (SSSR count). The Balaban J connectivity index is 1.41. The van der Waals surface area contributed by atoms with Crippen LogP contribution < -0.4 is 10.2 Å². The fraction of sp³-hybridized carbons (Fsp3) is 0.421. The van der Waals surface area contributed by atoms with Gasteiger partial charge in [0.2, 0.25) is 5.95 Å². The molecule has 27 heavy (non-hydrogen) atoms. The molecule has 1 unspecified atom stereocenters. The average molecular weight is 386 g/mol. The summed E-state index contributed by atoms with van der Waals surface area (Å²) in [5, 5.41) is 2.99. The van der Waals surface area contributed by atoms with Crippen LogP contribution in [0.25, 0.3) is 0 Å². The number of aromatic nitrogens is 2. The molecular weight excluding hydrogens is 364 g/mol. The maximum absolute atomic E-state index is 12.5. The Morgan fingerprint density at radius 1 is 1.22 bits per heavy atom. The molecule has 1 aliphatic carbocycles. The fourth-order valence-electron chi connectivity index (χ4n) is 3.32. The number of benzene rings is 1. The Morgan fingerprint density at radius 3 is 2.78 bits per heavy atom. The van der Waals surface area contributed by atoms with E-state index in [-0.39, 0.29) is 16.8 Å². The molecule has 1 N–H and O–H groups in total. The summed E-state index contributed by atoms with van der Waals surface area (Å²) < 4.78 is 23.4. The summed E-state index contributed by atoms with van der Waals surface area (Å²) in [4.78, 5) is 23.8. The van der Waals surface area contributed by atoms with E-state index in [4.69, 9.17) is 0 Å². The largest absolute Gasteiger partial charge is 0.347 e. The van der Waals surface area contributed by atoms with Crippen LogP contribution in [-0.2, 0) is 9.84 Å². The zero-order valence-corrected chi connectivity index (χ0v) is 15.9. The molecule has 1 aliphatic heterocycles. The molecule has 142 valence electrons. The smallest absolute Gasteiger partial charge is 0.251 e. The number of anilines is 1. The van der Waals surface area contributed by atoms with Crippen LogP contribution in [0.4, 0.5) is 5.95 Å². The molecule has 0 bridgehead atoms. The lowest BCUT2D eigenvalue weighted by Gasteiger charge is -2.17. The minimum atomic E-state index is -3.34. The molecule has 0 radical (unpaired) electrons. The van der Waals surface area contributed by atoms with Crippen LogP contribution >= 0.6 is 0 Å². The number of amides is 1. The number of hydrogen-bond donors (Lipinski definition) is 1. The first-order valence-electron chi connectivity index (χ1n) is 9.09. The molecule has 0 spiro atoms. The zero-order chi connectivity index (χ0) is 19.0. The van der Waals surface area contributed by atoms with Gasteiger partial charge in [0, 0.05) is 48.8 Å². The Morgan fingerprint density at radius 2 is 2.04 bits per heavy atom. The lowest BCUT2D eigenvalue weighted by Crippen LogP contribution is -2.37. The number of rotatable bonds is 5. The number of nitrogens with one attached hydrogen (secondary N) is 1. The van der Waals surface area contributed by atoms with Gasteiger partial charge in [0.05, 0.1) is 4.90 Å². The van der Waals surface area contributed by atoms with Crippen molar-refractivity contribution in [3.8, 4) is 0 Å². The SMILES string of the molecule is CS(=O)(=O)c1cccc(C(=O)NC2CCN(c3nccc(C4CC4)n3)C2)c1. The monoisotopic (exact) mass is 386 g/mol. The van der Waals surface area contributed by atoms with Crippen LogP contribution in [0.15, 0.2) is 41.4 Å². The number of sulfone groups is 1. The lowest BCUT2D eigenvalue weighted by atomic mass is 10.2. The summed E-state index contributed by atoms with van der Waals surface area (Å²) in [7, 11) is -3.34. The van der Waals surface area contributed by atoms with Gasteiger partial charge in [0.25, 0.3) is 5.91 Å². The number of nitrogens with zero attached hydrogens (tertiary/aromatic N) is 3. The van der Waals surface area contributed by atoms with E-state index in [0.717, 1.165) is 30.9 Å². The summed E-state index contributed by atoms with van der Waals surface area (Å²) in [5.74, 6) is 1.03. The highest BCUT2D eigenvalue weighted by Gasteiger charge is 2.29. The molecule has 7 nitrogen and oxygen atoms in total. The van der Waals surface area contributed by atoms with Gasteiger partial charge in [-0.05, 0) is 43.5 Å². The van der Waals surface area contributed by atoms with E-state index in [1.54, 1.807) is 18.3 Å². The Hall–Kier alpha value is -2.48. The quantitative estimate of drug-likeness (QED) is 0.842. The van der Waals surface area contributed by atoms with Crippen LogP contribution in [0.3, 0.4) is 0 Å². The van der Waals surface area contributed by atoms with Crippen molar-refractivity contribution in [1.82, 2.24) is 15.3 Å². The van der Waals surface area contributed by atoms with Gasteiger partial charge in [-0.15, -0.1) is 0 Å². The summed E-state index contributed by atoms with van der Waals surface area (Å²) in [6.07, 6.45) is 6.13. The Kier molecular flexibility index (Phi) is 4.59. The van der Waals surface area contributed by atoms with Gasteiger partial charge in [-0.1, -0.05) is 6.07 Å². The zero-order valence-electron chi connectivity index (χ0n) is 15.1. The van der Waals surface area contributed by atoms with Crippen LogP contribution in [0.1, 0.15) is 41.2 Å².